The molecule has 2 aliphatic rings. The van der Waals surface area contributed by atoms with E-state index in [-0.39, 0.29) is 5.96 Å². The Balaban J connectivity index is 1.94. The van der Waals surface area contributed by atoms with E-state index >= 15 is 0 Å². The predicted molar refractivity (Wildman–Crippen MR) is 103 cm³/mol. The lowest BCUT2D eigenvalue weighted by atomic mass is 9.87. The van der Waals surface area contributed by atoms with Crippen molar-refractivity contribution in [3.05, 3.63) is 40.9 Å². The zero-order chi connectivity index (χ0) is 16.7. The molecule has 1 fully saturated rings. The van der Waals surface area contributed by atoms with Crippen molar-refractivity contribution in [1.82, 2.24) is 0 Å². The molecule has 1 aliphatic heterocycles. The molecule has 1 spiro atoms. The number of benzene rings is 2. The summed E-state index contributed by atoms with van der Waals surface area (Å²) >= 11 is 3.64. The summed E-state index contributed by atoms with van der Waals surface area (Å²) in [4.78, 5) is 11.1. The van der Waals surface area contributed by atoms with Crippen LogP contribution in [0.1, 0.15) is 32.1 Å². The molecule has 2 aromatic rings. The van der Waals surface area contributed by atoms with Gasteiger partial charge in [0.25, 0.3) is 0 Å². The summed E-state index contributed by atoms with van der Waals surface area (Å²) in [5.41, 5.74) is 12.9. The van der Waals surface area contributed by atoms with Gasteiger partial charge in [0.15, 0.2) is 0 Å². The minimum absolute atomic E-state index is 0.284. The number of guanidine groups is 2. The molecule has 0 amide bonds. The highest BCUT2D eigenvalue weighted by molar-refractivity contribution is 9.10. The van der Waals surface area contributed by atoms with Crippen LogP contribution < -0.4 is 16.4 Å². The average Bonchev–Trinajstić information content (AvgIpc) is 2.57. The fourth-order valence-electron chi connectivity index (χ4n) is 3.91. The van der Waals surface area contributed by atoms with Gasteiger partial charge in [0.1, 0.15) is 5.66 Å². The number of nitrogens with two attached hydrogens (primary N) is 2. The van der Waals surface area contributed by atoms with Gasteiger partial charge in [0, 0.05) is 9.86 Å². The van der Waals surface area contributed by atoms with E-state index in [1.54, 1.807) is 0 Å². The van der Waals surface area contributed by atoms with E-state index in [4.69, 9.17) is 16.5 Å². The second kappa shape index (κ2) is 5.77. The first-order chi connectivity index (χ1) is 11.6. The van der Waals surface area contributed by atoms with Crippen LogP contribution in [-0.4, -0.2) is 17.6 Å². The van der Waals surface area contributed by atoms with Crippen molar-refractivity contribution < 1.29 is 0 Å². The maximum absolute atomic E-state index is 6.34. The van der Waals surface area contributed by atoms with Gasteiger partial charge in [-0.25, -0.2) is 4.99 Å². The first-order valence-electron chi connectivity index (χ1n) is 8.28. The number of anilines is 1. The molecule has 0 unspecified atom stereocenters. The van der Waals surface area contributed by atoms with Crippen LogP contribution in [0.4, 0.5) is 5.69 Å². The molecule has 1 aliphatic carbocycles. The van der Waals surface area contributed by atoms with Crippen LogP contribution in [0.3, 0.4) is 0 Å². The lowest BCUT2D eigenvalue weighted by molar-refractivity contribution is 0.306. The highest BCUT2D eigenvalue weighted by Crippen LogP contribution is 2.42. The maximum atomic E-state index is 6.34. The highest BCUT2D eigenvalue weighted by Gasteiger charge is 2.43. The van der Waals surface area contributed by atoms with Gasteiger partial charge in [-0.05, 0) is 43.2 Å². The standard InChI is InChI=1S/C18H20BrN5/c19-14-8-9-15(13-7-3-2-6-12(13)14)24-17(21)22-16(20)23-18(24)10-4-1-5-11-18/h2-3,6-9H,1,4-5,10-11H2,(H4,20,21,22,23). The van der Waals surface area contributed by atoms with Gasteiger partial charge < -0.3 is 11.5 Å². The van der Waals surface area contributed by atoms with Crippen LogP contribution in [0.25, 0.3) is 10.8 Å². The lowest BCUT2D eigenvalue weighted by Crippen LogP contribution is -2.58. The Hall–Kier alpha value is -2.08. The molecule has 2 aromatic carbocycles. The van der Waals surface area contributed by atoms with E-state index in [2.05, 4.69) is 50.1 Å². The Bertz CT molecular complexity index is 852. The van der Waals surface area contributed by atoms with Crippen molar-refractivity contribution in [2.24, 2.45) is 21.5 Å². The van der Waals surface area contributed by atoms with E-state index in [9.17, 15) is 0 Å². The topological polar surface area (TPSA) is 80.0 Å². The van der Waals surface area contributed by atoms with E-state index in [0.29, 0.717) is 5.96 Å². The highest BCUT2D eigenvalue weighted by atomic mass is 79.9. The van der Waals surface area contributed by atoms with Crippen LogP contribution in [0.2, 0.25) is 0 Å². The number of halogens is 1. The molecule has 5 nitrogen and oxygen atoms in total. The van der Waals surface area contributed by atoms with Crippen LogP contribution in [0.15, 0.2) is 50.9 Å². The molecule has 0 saturated heterocycles. The Labute approximate surface area is 149 Å². The Morgan fingerprint density at radius 2 is 1.67 bits per heavy atom. The fourth-order valence-corrected chi connectivity index (χ4v) is 4.39. The monoisotopic (exact) mass is 385 g/mol. The van der Waals surface area contributed by atoms with E-state index in [0.717, 1.165) is 46.6 Å². The number of hydrogen-bond acceptors (Lipinski definition) is 5. The summed E-state index contributed by atoms with van der Waals surface area (Å²) in [5, 5.41) is 2.28. The Kier molecular flexibility index (Phi) is 3.72. The molecular formula is C18H20BrN5. The maximum Gasteiger partial charge on any atom is 0.220 e. The molecule has 1 saturated carbocycles. The molecule has 1 heterocycles. The van der Waals surface area contributed by atoms with Crippen molar-refractivity contribution >= 4 is 44.3 Å². The summed E-state index contributed by atoms with van der Waals surface area (Å²) in [5.74, 6) is 0.712. The Morgan fingerprint density at radius 3 is 2.42 bits per heavy atom. The summed E-state index contributed by atoms with van der Waals surface area (Å²) in [6, 6.07) is 12.4. The van der Waals surface area contributed by atoms with Gasteiger partial charge in [-0.2, -0.15) is 4.99 Å². The van der Waals surface area contributed by atoms with Crippen molar-refractivity contribution in [2.75, 3.05) is 4.90 Å². The molecule has 0 bridgehead atoms. The van der Waals surface area contributed by atoms with Crippen molar-refractivity contribution in [3.8, 4) is 0 Å². The van der Waals surface area contributed by atoms with Crippen molar-refractivity contribution in [2.45, 2.75) is 37.8 Å². The van der Waals surface area contributed by atoms with Crippen molar-refractivity contribution in [3.63, 3.8) is 0 Å². The van der Waals surface area contributed by atoms with Crippen LogP contribution in [0, 0.1) is 0 Å². The van der Waals surface area contributed by atoms with E-state index in [1.165, 1.54) is 6.42 Å². The number of hydrogen-bond donors (Lipinski definition) is 2. The molecule has 0 aromatic heterocycles. The van der Waals surface area contributed by atoms with Gasteiger partial charge in [-0.3, -0.25) is 4.90 Å². The summed E-state index contributed by atoms with van der Waals surface area (Å²) < 4.78 is 1.06. The van der Waals surface area contributed by atoms with Gasteiger partial charge in [-0.15, -0.1) is 0 Å². The van der Waals surface area contributed by atoms with Crippen LogP contribution in [0.5, 0.6) is 0 Å². The average molecular weight is 386 g/mol. The van der Waals surface area contributed by atoms with Gasteiger partial charge in [-0.1, -0.05) is 46.6 Å². The van der Waals surface area contributed by atoms with Gasteiger partial charge in [0.05, 0.1) is 5.69 Å². The molecule has 24 heavy (non-hydrogen) atoms. The van der Waals surface area contributed by atoms with E-state index < -0.39 is 5.66 Å². The van der Waals surface area contributed by atoms with Gasteiger partial charge >= 0.3 is 0 Å². The van der Waals surface area contributed by atoms with Crippen LogP contribution >= 0.6 is 15.9 Å². The smallest absolute Gasteiger partial charge is 0.220 e. The second-order valence-corrected chi connectivity index (χ2v) is 7.28. The summed E-state index contributed by atoms with van der Waals surface area (Å²) in [6.07, 6.45) is 5.34. The molecule has 124 valence electrons. The summed E-state index contributed by atoms with van der Waals surface area (Å²) in [7, 11) is 0. The third-order valence-electron chi connectivity index (χ3n) is 4.94. The first kappa shape index (κ1) is 15.4. The van der Waals surface area contributed by atoms with E-state index in [1.807, 2.05) is 12.1 Å². The number of fused-ring (bicyclic) bond motifs is 1. The molecule has 0 atom stereocenters. The van der Waals surface area contributed by atoms with Crippen LogP contribution in [-0.2, 0) is 0 Å². The molecule has 0 radical (unpaired) electrons. The minimum atomic E-state index is -0.412. The largest absolute Gasteiger partial charge is 0.369 e. The molecular weight excluding hydrogens is 366 g/mol. The molecule has 4 rings (SSSR count). The number of rotatable bonds is 1. The molecule has 4 N–H and O–H groups in total. The SMILES string of the molecule is NC1=NC2(CCCCC2)N(c2ccc(Br)c3ccccc23)C(N)=N1. The lowest BCUT2D eigenvalue weighted by Gasteiger charge is -2.46. The zero-order valence-corrected chi connectivity index (χ0v) is 15.0. The molecule has 6 heteroatoms. The quantitative estimate of drug-likeness (QED) is 0.784. The third-order valence-corrected chi connectivity index (χ3v) is 5.63. The first-order valence-corrected chi connectivity index (χ1v) is 9.07. The number of aliphatic imine (C=N–C) groups is 2. The predicted octanol–water partition coefficient (Wildman–Crippen LogP) is 3.71. The third kappa shape index (κ3) is 2.36. The van der Waals surface area contributed by atoms with Crippen molar-refractivity contribution in [1.29, 1.82) is 0 Å². The second-order valence-electron chi connectivity index (χ2n) is 6.43. The van der Waals surface area contributed by atoms with Gasteiger partial charge in [0.2, 0.25) is 11.9 Å². The minimum Gasteiger partial charge on any atom is -0.369 e. The fraction of sp³-hybridized carbons (Fsp3) is 0.333. The Morgan fingerprint density at radius 1 is 0.958 bits per heavy atom. The number of nitrogens with zero attached hydrogens (tertiary/aromatic N) is 3. The summed E-state index contributed by atoms with van der Waals surface area (Å²) in [6.45, 7) is 0. The normalized spacial score (nSPS) is 20.1. The zero-order valence-electron chi connectivity index (χ0n) is 13.4.